The summed E-state index contributed by atoms with van der Waals surface area (Å²) in [5.41, 5.74) is 1.14. The Bertz CT molecular complexity index is 739. The predicted molar refractivity (Wildman–Crippen MR) is 90.8 cm³/mol. The summed E-state index contributed by atoms with van der Waals surface area (Å²) < 4.78 is 31.8. The predicted octanol–water partition coefficient (Wildman–Crippen LogP) is 1.60. The van der Waals surface area contributed by atoms with Crippen molar-refractivity contribution in [3.05, 3.63) is 35.4 Å². The average Bonchev–Trinajstić information content (AvgIpc) is 2.86. The van der Waals surface area contributed by atoms with Gasteiger partial charge in [-0.05, 0) is 36.5 Å². The number of amides is 1. The zero-order valence-corrected chi connectivity index (χ0v) is 14.8. The minimum atomic E-state index is -3.74. The number of hydrogen-bond donors (Lipinski definition) is 1. The number of rotatable bonds is 5. The molecule has 1 amide bonds. The summed E-state index contributed by atoms with van der Waals surface area (Å²) in [4.78, 5) is 23.3. The van der Waals surface area contributed by atoms with Crippen LogP contribution in [0.3, 0.4) is 0 Å². The molecule has 2 aliphatic rings. The second-order valence-corrected chi connectivity index (χ2v) is 8.27. The lowest BCUT2D eigenvalue weighted by Gasteiger charge is -2.21. The first-order valence-electron chi connectivity index (χ1n) is 8.51. The van der Waals surface area contributed by atoms with Gasteiger partial charge in [0, 0.05) is 6.54 Å². The molecule has 1 aliphatic carbocycles. The molecule has 2 fully saturated rings. The lowest BCUT2D eigenvalue weighted by atomic mass is 9.90. The van der Waals surface area contributed by atoms with Gasteiger partial charge in [-0.2, -0.15) is 12.7 Å². The maximum Gasteiger partial charge on any atom is 0.338 e. The maximum atomic E-state index is 12.1. The summed E-state index contributed by atoms with van der Waals surface area (Å²) in [7, 11) is -3.74. The van der Waals surface area contributed by atoms with E-state index in [1.54, 1.807) is 24.3 Å². The van der Waals surface area contributed by atoms with Crippen LogP contribution in [0.1, 0.15) is 48.0 Å². The summed E-state index contributed by atoms with van der Waals surface area (Å²) in [6, 6.07) is 6.60. The van der Waals surface area contributed by atoms with Crippen molar-refractivity contribution in [2.24, 2.45) is 5.92 Å². The van der Waals surface area contributed by atoms with Gasteiger partial charge in [0.05, 0.1) is 18.7 Å². The van der Waals surface area contributed by atoms with Crippen LogP contribution >= 0.6 is 0 Å². The van der Waals surface area contributed by atoms with Gasteiger partial charge in [-0.3, -0.25) is 4.79 Å². The van der Waals surface area contributed by atoms with E-state index in [1.807, 2.05) is 4.72 Å². The zero-order valence-electron chi connectivity index (χ0n) is 13.9. The van der Waals surface area contributed by atoms with Gasteiger partial charge in [-0.25, -0.2) is 9.52 Å². The number of esters is 1. The second-order valence-electron chi connectivity index (χ2n) is 6.60. The maximum absolute atomic E-state index is 12.1. The Kier molecular flexibility index (Phi) is 5.39. The first-order chi connectivity index (χ1) is 11.9. The van der Waals surface area contributed by atoms with E-state index in [4.69, 9.17) is 4.74 Å². The van der Waals surface area contributed by atoms with E-state index >= 15 is 0 Å². The quantitative estimate of drug-likeness (QED) is 0.799. The molecule has 0 radical (unpaired) electrons. The molecule has 8 heteroatoms. The summed E-state index contributed by atoms with van der Waals surface area (Å²) in [6.07, 6.45) is 5.90. The fraction of sp³-hybridized carbons (Fsp3) is 0.529. The Labute approximate surface area is 147 Å². The van der Waals surface area contributed by atoms with Gasteiger partial charge in [0.15, 0.2) is 0 Å². The van der Waals surface area contributed by atoms with E-state index in [9.17, 15) is 18.0 Å². The van der Waals surface area contributed by atoms with Crippen molar-refractivity contribution in [2.75, 3.05) is 13.2 Å². The molecule has 1 heterocycles. The van der Waals surface area contributed by atoms with Crippen LogP contribution in [0.4, 0.5) is 0 Å². The minimum Gasteiger partial charge on any atom is -0.462 e. The van der Waals surface area contributed by atoms with Crippen LogP contribution in [0.15, 0.2) is 24.3 Å². The molecular weight excluding hydrogens is 344 g/mol. The topological polar surface area (TPSA) is 92.8 Å². The number of carbonyl (C=O) groups excluding carboxylic acids is 2. The lowest BCUT2D eigenvalue weighted by Crippen LogP contribution is -2.29. The molecule has 1 aromatic rings. The van der Waals surface area contributed by atoms with Crippen LogP contribution in [0.2, 0.25) is 0 Å². The van der Waals surface area contributed by atoms with Gasteiger partial charge >= 0.3 is 16.2 Å². The summed E-state index contributed by atoms with van der Waals surface area (Å²) in [6.45, 7) is 0.354. The van der Waals surface area contributed by atoms with Crippen molar-refractivity contribution in [3.8, 4) is 0 Å². The highest BCUT2D eigenvalue weighted by Crippen LogP contribution is 2.24. The van der Waals surface area contributed by atoms with Crippen molar-refractivity contribution in [1.29, 1.82) is 0 Å². The normalized spacial score (nSPS) is 21.0. The van der Waals surface area contributed by atoms with Crippen LogP contribution in [0.5, 0.6) is 0 Å². The van der Waals surface area contributed by atoms with E-state index in [0.29, 0.717) is 23.7 Å². The van der Waals surface area contributed by atoms with E-state index in [1.165, 1.54) is 19.3 Å². The van der Waals surface area contributed by atoms with E-state index in [2.05, 4.69) is 0 Å². The van der Waals surface area contributed by atoms with E-state index < -0.39 is 16.1 Å². The van der Waals surface area contributed by atoms with Crippen molar-refractivity contribution < 1.29 is 22.7 Å². The third kappa shape index (κ3) is 4.58. The van der Waals surface area contributed by atoms with Crippen LogP contribution < -0.4 is 4.72 Å². The zero-order chi connectivity index (χ0) is 17.9. The number of nitrogens with zero attached hydrogens (tertiary/aromatic N) is 1. The van der Waals surface area contributed by atoms with Gasteiger partial charge in [-0.1, -0.05) is 31.4 Å². The fourth-order valence-electron chi connectivity index (χ4n) is 3.21. The largest absolute Gasteiger partial charge is 0.462 e. The molecule has 0 unspecified atom stereocenters. The third-order valence-corrected chi connectivity index (χ3v) is 6.05. The Morgan fingerprint density at radius 3 is 2.44 bits per heavy atom. The van der Waals surface area contributed by atoms with E-state index in [-0.39, 0.29) is 19.1 Å². The first kappa shape index (κ1) is 17.9. The Hall–Kier alpha value is -1.93. The Balaban J connectivity index is 1.54. The number of nitrogens with one attached hydrogen (secondary N) is 1. The molecule has 136 valence electrons. The molecule has 0 spiro atoms. The second kappa shape index (κ2) is 7.53. The first-order valence-corrected chi connectivity index (χ1v) is 9.95. The van der Waals surface area contributed by atoms with Crippen LogP contribution in [-0.4, -0.2) is 37.8 Å². The van der Waals surface area contributed by atoms with Crippen LogP contribution in [0.25, 0.3) is 0 Å². The molecule has 0 aromatic heterocycles. The molecule has 1 aromatic carbocycles. The fourth-order valence-corrected chi connectivity index (χ4v) is 4.29. The highest BCUT2D eigenvalue weighted by Gasteiger charge is 2.33. The molecule has 1 aliphatic heterocycles. The number of hydrogen-bond acceptors (Lipinski definition) is 5. The number of benzene rings is 1. The average molecular weight is 366 g/mol. The molecule has 0 atom stereocenters. The van der Waals surface area contributed by atoms with Gasteiger partial charge in [0.2, 0.25) is 5.91 Å². The van der Waals surface area contributed by atoms with Gasteiger partial charge in [-0.15, -0.1) is 0 Å². The molecule has 0 bridgehead atoms. The van der Waals surface area contributed by atoms with Crippen molar-refractivity contribution >= 4 is 22.1 Å². The summed E-state index contributed by atoms with van der Waals surface area (Å²) >= 11 is 0. The number of ether oxygens (including phenoxy) is 1. The van der Waals surface area contributed by atoms with Gasteiger partial charge < -0.3 is 4.74 Å². The lowest BCUT2D eigenvalue weighted by molar-refractivity contribution is -0.118. The molecule has 1 N–H and O–H groups in total. The molecule has 7 nitrogen and oxygen atoms in total. The smallest absolute Gasteiger partial charge is 0.338 e. The van der Waals surface area contributed by atoms with Crippen LogP contribution in [-0.2, 0) is 26.3 Å². The van der Waals surface area contributed by atoms with Gasteiger partial charge in [0.1, 0.15) is 0 Å². The molecule has 1 saturated carbocycles. The third-order valence-electron chi connectivity index (χ3n) is 4.63. The van der Waals surface area contributed by atoms with E-state index in [0.717, 1.165) is 17.1 Å². The highest BCUT2D eigenvalue weighted by molar-refractivity contribution is 7.88. The highest BCUT2D eigenvalue weighted by atomic mass is 32.2. The van der Waals surface area contributed by atoms with Crippen molar-refractivity contribution in [1.82, 2.24) is 9.03 Å². The summed E-state index contributed by atoms with van der Waals surface area (Å²) in [5, 5.41) is 0. The van der Waals surface area contributed by atoms with Crippen molar-refractivity contribution in [3.63, 3.8) is 0 Å². The Morgan fingerprint density at radius 2 is 1.84 bits per heavy atom. The van der Waals surface area contributed by atoms with Gasteiger partial charge in [0.25, 0.3) is 0 Å². The monoisotopic (exact) mass is 366 g/mol. The summed E-state index contributed by atoms with van der Waals surface area (Å²) in [5.74, 6) is -0.437. The van der Waals surface area contributed by atoms with Crippen LogP contribution in [0, 0.1) is 5.92 Å². The molecule has 25 heavy (non-hydrogen) atoms. The SMILES string of the molecule is O=C1CN(Cc2ccc(C(=O)OCC3CCCCC3)cc2)S(=O)(=O)N1. The molecular formula is C17H22N2O5S. The van der Waals surface area contributed by atoms with Crippen molar-refractivity contribution in [2.45, 2.75) is 38.6 Å². The standard InChI is InChI=1S/C17H22N2O5S/c20-16-11-19(25(22,23)18-16)10-13-6-8-15(9-7-13)17(21)24-12-14-4-2-1-3-5-14/h6-9,14H,1-5,10-12H2,(H,18,20). The minimum absolute atomic E-state index is 0.0818. The molecule has 3 rings (SSSR count). The number of carbonyl (C=O) groups is 2. The molecule has 1 saturated heterocycles. The Morgan fingerprint density at radius 1 is 1.16 bits per heavy atom.